The van der Waals surface area contributed by atoms with Crippen molar-refractivity contribution in [3.05, 3.63) is 0 Å². The molecule has 3 heteroatoms. The van der Waals surface area contributed by atoms with Crippen LogP contribution in [0.2, 0.25) is 0 Å². The number of nitrogens with zero attached hydrogens (tertiary/aromatic N) is 1. The lowest BCUT2D eigenvalue weighted by Crippen LogP contribution is -2.35. The summed E-state index contributed by atoms with van der Waals surface area (Å²) in [5.41, 5.74) is 0. The lowest BCUT2D eigenvalue weighted by atomic mass is 10.0. The fourth-order valence-corrected chi connectivity index (χ4v) is 3.83. The second-order valence-electron chi connectivity index (χ2n) is 8.12. The van der Waals surface area contributed by atoms with Gasteiger partial charge in [0.05, 0.1) is 0 Å². The van der Waals surface area contributed by atoms with Crippen LogP contribution >= 0.6 is 0 Å². The van der Waals surface area contributed by atoms with Gasteiger partial charge in [0.2, 0.25) is 5.91 Å². The van der Waals surface area contributed by atoms with Gasteiger partial charge in [0, 0.05) is 32.4 Å². The number of carbonyl (C=O) groups is 2. The van der Waals surface area contributed by atoms with Crippen molar-refractivity contribution in [1.29, 1.82) is 0 Å². The molecule has 0 unspecified atom stereocenters. The summed E-state index contributed by atoms with van der Waals surface area (Å²) in [5, 5.41) is 0. The van der Waals surface area contributed by atoms with Crippen LogP contribution in [0.1, 0.15) is 122 Å². The first-order valence-electron chi connectivity index (χ1n) is 11.5. The average molecular weight is 366 g/mol. The topological polar surface area (TPSA) is 37.4 Å². The highest BCUT2D eigenvalue weighted by atomic mass is 16.2. The predicted octanol–water partition coefficient (Wildman–Crippen LogP) is 6.44. The van der Waals surface area contributed by atoms with E-state index in [0.717, 1.165) is 51.6 Å². The van der Waals surface area contributed by atoms with Gasteiger partial charge in [-0.3, -0.25) is 9.59 Å². The van der Waals surface area contributed by atoms with Crippen LogP contribution < -0.4 is 0 Å². The third-order valence-electron chi connectivity index (χ3n) is 5.61. The molecule has 1 amide bonds. The van der Waals surface area contributed by atoms with Gasteiger partial charge in [-0.15, -0.1) is 0 Å². The van der Waals surface area contributed by atoms with Gasteiger partial charge in [-0.05, 0) is 38.5 Å². The number of unbranched alkanes of at least 4 members (excludes halogenated alkanes) is 10. The molecule has 0 spiro atoms. The molecule has 1 fully saturated rings. The minimum atomic E-state index is 0.379. The zero-order valence-corrected chi connectivity index (χ0v) is 17.4. The van der Waals surface area contributed by atoms with E-state index in [4.69, 9.17) is 0 Å². The maximum atomic E-state index is 12.1. The predicted molar refractivity (Wildman–Crippen MR) is 110 cm³/mol. The van der Waals surface area contributed by atoms with Gasteiger partial charge in [-0.25, -0.2) is 0 Å². The molecule has 152 valence electrons. The number of amides is 1. The molecule has 0 radical (unpaired) electrons. The molecule has 1 aliphatic heterocycles. The second kappa shape index (κ2) is 16.3. The van der Waals surface area contributed by atoms with Crippen molar-refractivity contribution in [3.63, 3.8) is 0 Å². The van der Waals surface area contributed by atoms with Crippen LogP contribution in [0.15, 0.2) is 0 Å². The van der Waals surface area contributed by atoms with Crippen molar-refractivity contribution >= 4 is 11.7 Å². The summed E-state index contributed by atoms with van der Waals surface area (Å²) in [7, 11) is 0. The van der Waals surface area contributed by atoms with Gasteiger partial charge in [0.1, 0.15) is 5.78 Å². The first-order valence-corrected chi connectivity index (χ1v) is 11.5. The maximum Gasteiger partial charge on any atom is 0.222 e. The molecule has 0 atom stereocenters. The minimum absolute atomic E-state index is 0.379. The molecule has 3 nitrogen and oxygen atoms in total. The maximum absolute atomic E-state index is 12.1. The van der Waals surface area contributed by atoms with Gasteiger partial charge in [-0.1, -0.05) is 64.7 Å². The Kier molecular flexibility index (Phi) is 14.6. The fraction of sp³-hybridized carbons (Fsp3) is 0.913. The Morgan fingerprint density at radius 2 is 1.08 bits per heavy atom. The Morgan fingerprint density at radius 1 is 0.615 bits per heavy atom. The highest BCUT2D eigenvalue weighted by Gasteiger charge is 2.15. The molecule has 0 aliphatic carbocycles. The Morgan fingerprint density at radius 3 is 1.62 bits per heavy atom. The molecule has 0 bridgehead atoms. The lowest BCUT2D eigenvalue weighted by Gasteiger charge is -2.26. The molecular formula is C23H43NO2. The van der Waals surface area contributed by atoms with Crippen LogP contribution in [-0.2, 0) is 9.59 Å². The number of ketones is 1. The summed E-state index contributed by atoms with van der Waals surface area (Å²) in [5.74, 6) is 0.850. The number of hydrogen-bond donors (Lipinski definition) is 0. The summed E-state index contributed by atoms with van der Waals surface area (Å²) in [4.78, 5) is 25.9. The SMILES string of the molecule is CCCCCCC(=O)CCCCCCCCCCC(=O)N1CCCCC1. The first-order chi connectivity index (χ1) is 12.7. The Labute approximate surface area is 162 Å². The Balaban J connectivity index is 1.80. The molecule has 1 saturated heterocycles. The quantitative estimate of drug-likeness (QED) is 0.295. The average Bonchev–Trinajstić information content (AvgIpc) is 2.67. The second-order valence-corrected chi connectivity index (χ2v) is 8.12. The van der Waals surface area contributed by atoms with E-state index >= 15 is 0 Å². The number of carbonyl (C=O) groups excluding carboxylic acids is 2. The fourth-order valence-electron chi connectivity index (χ4n) is 3.83. The minimum Gasteiger partial charge on any atom is -0.343 e. The first kappa shape index (κ1) is 23.2. The van der Waals surface area contributed by atoms with E-state index in [1.54, 1.807) is 0 Å². The molecule has 0 aromatic carbocycles. The van der Waals surface area contributed by atoms with Crippen molar-refractivity contribution in [2.24, 2.45) is 0 Å². The molecule has 1 heterocycles. The third-order valence-corrected chi connectivity index (χ3v) is 5.61. The van der Waals surface area contributed by atoms with Gasteiger partial charge in [-0.2, -0.15) is 0 Å². The van der Waals surface area contributed by atoms with E-state index in [-0.39, 0.29) is 0 Å². The van der Waals surface area contributed by atoms with E-state index < -0.39 is 0 Å². The summed E-state index contributed by atoms with van der Waals surface area (Å²) in [6.07, 6.45) is 20.4. The molecule has 1 rings (SSSR count). The van der Waals surface area contributed by atoms with E-state index in [1.165, 1.54) is 77.0 Å². The molecular weight excluding hydrogens is 322 g/mol. The normalized spacial score (nSPS) is 14.6. The molecule has 26 heavy (non-hydrogen) atoms. The van der Waals surface area contributed by atoms with Crippen molar-refractivity contribution in [3.8, 4) is 0 Å². The highest BCUT2D eigenvalue weighted by Crippen LogP contribution is 2.14. The van der Waals surface area contributed by atoms with Crippen molar-refractivity contribution < 1.29 is 9.59 Å². The lowest BCUT2D eigenvalue weighted by molar-refractivity contribution is -0.132. The standard InChI is InChI=1S/C23H43NO2/c1-2-3-4-12-17-22(25)18-13-9-7-5-6-8-10-14-19-23(26)24-20-15-11-16-21-24/h2-21H2,1H3. The van der Waals surface area contributed by atoms with Gasteiger partial charge < -0.3 is 4.90 Å². The van der Waals surface area contributed by atoms with Gasteiger partial charge in [0.25, 0.3) is 0 Å². The van der Waals surface area contributed by atoms with E-state index in [9.17, 15) is 9.59 Å². The summed E-state index contributed by atoms with van der Waals surface area (Å²) in [6.45, 7) is 4.18. The number of Topliss-reactive ketones (excluding diaryl/α,β-unsaturated/α-hetero) is 1. The molecule has 0 aromatic heterocycles. The van der Waals surface area contributed by atoms with E-state index in [2.05, 4.69) is 11.8 Å². The summed E-state index contributed by atoms with van der Waals surface area (Å²) in [6, 6.07) is 0. The monoisotopic (exact) mass is 365 g/mol. The van der Waals surface area contributed by atoms with Crippen molar-refractivity contribution in [2.75, 3.05) is 13.1 Å². The molecule has 0 saturated carbocycles. The summed E-state index contributed by atoms with van der Waals surface area (Å²) < 4.78 is 0. The zero-order valence-electron chi connectivity index (χ0n) is 17.4. The van der Waals surface area contributed by atoms with E-state index in [1.807, 2.05) is 0 Å². The van der Waals surface area contributed by atoms with Crippen LogP contribution in [0.25, 0.3) is 0 Å². The number of hydrogen-bond acceptors (Lipinski definition) is 2. The van der Waals surface area contributed by atoms with Crippen LogP contribution in [0.4, 0.5) is 0 Å². The van der Waals surface area contributed by atoms with Crippen LogP contribution in [0.5, 0.6) is 0 Å². The van der Waals surface area contributed by atoms with Crippen LogP contribution in [0, 0.1) is 0 Å². The third kappa shape index (κ3) is 12.5. The van der Waals surface area contributed by atoms with Gasteiger partial charge >= 0.3 is 0 Å². The molecule has 1 aliphatic rings. The Hall–Kier alpha value is -0.860. The highest BCUT2D eigenvalue weighted by molar-refractivity contribution is 5.78. The van der Waals surface area contributed by atoms with Crippen LogP contribution in [-0.4, -0.2) is 29.7 Å². The van der Waals surface area contributed by atoms with E-state index in [0.29, 0.717) is 11.7 Å². The summed E-state index contributed by atoms with van der Waals surface area (Å²) >= 11 is 0. The number of likely N-dealkylation sites (tertiary alicyclic amines) is 1. The zero-order chi connectivity index (χ0) is 18.9. The molecule has 0 aromatic rings. The number of piperidine rings is 1. The van der Waals surface area contributed by atoms with Crippen molar-refractivity contribution in [2.45, 2.75) is 122 Å². The Bertz CT molecular complexity index is 361. The van der Waals surface area contributed by atoms with Gasteiger partial charge in [0.15, 0.2) is 0 Å². The molecule has 0 N–H and O–H groups in total. The van der Waals surface area contributed by atoms with Crippen molar-refractivity contribution in [1.82, 2.24) is 4.90 Å². The smallest absolute Gasteiger partial charge is 0.222 e. The van der Waals surface area contributed by atoms with Crippen LogP contribution in [0.3, 0.4) is 0 Å². The number of rotatable bonds is 16. The largest absolute Gasteiger partial charge is 0.343 e.